The molecule has 2 saturated carbocycles. The number of amides is 2. The smallest absolute Gasteiger partial charge is 0.225 e. The third kappa shape index (κ3) is 4.51. The standard InChI is InChI=1S/C24H40N4O3/c1-25-10-8-19(9-11-25)28-14-16(12-22(29)26(2)17-4-5-17)24-20(28)15-31-21(24)13-23(30)27(3)18-6-7-18/h16-21,24H,4-15H2,1-3H3/t16-,20-,21+,24-/m1/s1. The Morgan fingerprint density at radius 3 is 2.06 bits per heavy atom. The Morgan fingerprint density at radius 2 is 1.48 bits per heavy atom. The van der Waals surface area contributed by atoms with Gasteiger partial charge in [0.05, 0.1) is 19.1 Å². The van der Waals surface area contributed by atoms with Gasteiger partial charge in [-0.15, -0.1) is 0 Å². The Hall–Kier alpha value is -1.18. The first-order chi connectivity index (χ1) is 14.9. The van der Waals surface area contributed by atoms with Crippen LogP contribution < -0.4 is 0 Å². The molecule has 31 heavy (non-hydrogen) atoms. The molecule has 7 nitrogen and oxygen atoms in total. The van der Waals surface area contributed by atoms with Gasteiger partial charge in [-0.05, 0) is 64.6 Å². The molecule has 3 saturated heterocycles. The molecule has 5 fully saturated rings. The van der Waals surface area contributed by atoms with Crippen molar-refractivity contribution in [1.82, 2.24) is 19.6 Å². The second kappa shape index (κ2) is 8.64. The number of carbonyl (C=O) groups excluding carboxylic acids is 2. The number of likely N-dealkylation sites (tertiary alicyclic amines) is 2. The molecule has 0 aromatic carbocycles. The molecule has 0 bridgehead atoms. The minimum Gasteiger partial charge on any atom is -0.376 e. The van der Waals surface area contributed by atoms with Gasteiger partial charge in [-0.25, -0.2) is 0 Å². The van der Waals surface area contributed by atoms with Gasteiger partial charge in [0, 0.05) is 57.1 Å². The summed E-state index contributed by atoms with van der Waals surface area (Å²) in [5.74, 6) is 1.09. The van der Waals surface area contributed by atoms with Crippen LogP contribution in [0.3, 0.4) is 0 Å². The van der Waals surface area contributed by atoms with Gasteiger partial charge in [0.1, 0.15) is 0 Å². The molecule has 0 unspecified atom stereocenters. The fourth-order valence-electron chi connectivity index (χ4n) is 6.31. The van der Waals surface area contributed by atoms with E-state index in [-0.39, 0.29) is 17.9 Å². The van der Waals surface area contributed by atoms with Crippen LogP contribution in [0, 0.1) is 11.8 Å². The number of nitrogens with zero attached hydrogens (tertiary/aromatic N) is 4. The quantitative estimate of drug-likeness (QED) is 0.609. The summed E-state index contributed by atoms with van der Waals surface area (Å²) in [6.45, 7) is 3.98. The summed E-state index contributed by atoms with van der Waals surface area (Å²) in [5.41, 5.74) is 0. The lowest BCUT2D eigenvalue weighted by molar-refractivity contribution is -0.133. The van der Waals surface area contributed by atoms with Gasteiger partial charge in [0.25, 0.3) is 0 Å². The molecule has 4 atom stereocenters. The monoisotopic (exact) mass is 432 g/mol. The molecule has 3 heterocycles. The zero-order valence-electron chi connectivity index (χ0n) is 19.5. The fraction of sp³-hybridized carbons (Fsp3) is 0.917. The second-order valence-electron chi connectivity index (χ2n) is 10.9. The summed E-state index contributed by atoms with van der Waals surface area (Å²) in [4.78, 5) is 34.9. The molecule has 174 valence electrons. The maximum Gasteiger partial charge on any atom is 0.225 e. The average molecular weight is 433 g/mol. The topological polar surface area (TPSA) is 56.3 Å². The molecule has 7 heteroatoms. The van der Waals surface area contributed by atoms with E-state index in [1.165, 1.54) is 12.8 Å². The van der Waals surface area contributed by atoms with Gasteiger partial charge in [0.2, 0.25) is 11.8 Å². The van der Waals surface area contributed by atoms with Crippen LogP contribution >= 0.6 is 0 Å². The highest BCUT2D eigenvalue weighted by molar-refractivity contribution is 5.78. The van der Waals surface area contributed by atoms with Crippen LogP contribution in [-0.2, 0) is 14.3 Å². The van der Waals surface area contributed by atoms with Gasteiger partial charge in [-0.1, -0.05) is 0 Å². The van der Waals surface area contributed by atoms with Gasteiger partial charge in [-0.3, -0.25) is 14.5 Å². The van der Waals surface area contributed by atoms with Crippen LogP contribution in [0.25, 0.3) is 0 Å². The number of rotatable bonds is 7. The largest absolute Gasteiger partial charge is 0.376 e. The third-order valence-corrected chi connectivity index (χ3v) is 8.72. The van der Waals surface area contributed by atoms with E-state index in [1.54, 1.807) is 0 Å². The predicted octanol–water partition coefficient (Wildman–Crippen LogP) is 1.42. The maximum absolute atomic E-state index is 13.0. The van der Waals surface area contributed by atoms with Gasteiger partial charge < -0.3 is 19.4 Å². The molecule has 0 aromatic heterocycles. The van der Waals surface area contributed by atoms with E-state index < -0.39 is 0 Å². The van der Waals surface area contributed by atoms with Crippen LogP contribution in [0.4, 0.5) is 0 Å². The fourth-order valence-corrected chi connectivity index (χ4v) is 6.31. The van der Waals surface area contributed by atoms with Gasteiger partial charge >= 0.3 is 0 Å². The zero-order chi connectivity index (χ0) is 21.7. The predicted molar refractivity (Wildman–Crippen MR) is 119 cm³/mol. The van der Waals surface area contributed by atoms with Crippen molar-refractivity contribution in [3.8, 4) is 0 Å². The van der Waals surface area contributed by atoms with Crippen molar-refractivity contribution in [1.29, 1.82) is 0 Å². The van der Waals surface area contributed by atoms with Crippen molar-refractivity contribution in [2.45, 2.75) is 81.6 Å². The van der Waals surface area contributed by atoms with Crippen molar-refractivity contribution in [2.75, 3.05) is 47.4 Å². The molecule has 5 rings (SSSR count). The van der Waals surface area contributed by atoms with E-state index in [0.29, 0.717) is 55.5 Å². The molecule has 2 aliphatic carbocycles. The molecule has 2 amide bonds. The lowest BCUT2D eigenvalue weighted by atomic mass is 9.84. The Balaban J connectivity index is 1.29. The summed E-state index contributed by atoms with van der Waals surface area (Å²) in [6, 6.07) is 1.84. The Kier molecular flexibility index (Phi) is 6.03. The van der Waals surface area contributed by atoms with Crippen LogP contribution in [-0.4, -0.2) is 109 Å². The molecule has 3 aliphatic heterocycles. The number of fused-ring (bicyclic) bond motifs is 1. The minimum absolute atomic E-state index is 0.0426. The Morgan fingerprint density at radius 1 is 0.903 bits per heavy atom. The van der Waals surface area contributed by atoms with Gasteiger partial charge in [0.15, 0.2) is 0 Å². The number of hydrogen-bond acceptors (Lipinski definition) is 5. The first-order valence-corrected chi connectivity index (χ1v) is 12.5. The lowest BCUT2D eigenvalue weighted by Crippen LogP contribution is -2.47. The van der Waals surface area contributed by atoms with E-state index >= 15 is 0 Å². The first-order valence-electron chi connectivity index (χ1n) is 12.5. The molecular formula is C24H40N4O3. The highest BCUT2D eigenvalue weighted by Crippen LogP contribution is 2.44. The van der Waals surface area contributed by atoms with Crippen molar-refractivity contribution >= 4 is 11.8 Å². The van der Waals surface area contributed by atoms with Crippen LogP contribution in [0.1, 0.15) is 51.4 Å². The number of ether oxygens (including phenoxy) is 1. The number of piperidine rings is 1. The summed E-state index contributed by atoms with van der Waals surface area (Å²) in [5, 5.41) is 0. The van der Waals surface area contributed by atoms with Crippen molar-refractivity contribution < 1.29 is 14.3 Å². The van der Waals surface area contributed by atoms with E-state index in [0.717, 1.165) is 45.3 Å². The average Bonchev–Trinajstić information content (AvgIpc) is 3.68. The van der Waals surface area contributed by atoms with Crippen molar-refractivity contribution in [3.63, 3.8) is 0 Å². The minimum atomic E-state index is -0.0426. The van der Waals surface area contributed by atoms with E-state index in [1.807, 2.05) is 23.9 Å². The highest BCUT2D eigenvalue weighted by Gasteiger charge is 2.53. The molecular weight excluding hydrogens is 392 g/mol. The maximum atomic E-state index is 13.0. The summed E-state index contributed by atoms with van der Waals surface area (Å²) in [6.07, 6.45) is 7.97. The number of carbonyl (C=O) groups is 2. The Bertz CT molecular complexity index is 686. The molecule has 0 N–H and O–H groups in total. The van der Waals surface area contributed by atoms with Crippen LogP contribution in [0.5, 0.6) is 0 Å². The second-order valence-corrected chi connectivity index (χ2v) is 10.9. The van der Waals surface area contributed by atoms with Crippen molar-refractivity contribution in [3.05, 3.63) is 0 Å². The first kappa shape index (κ1) is 21.7. The highest BCUT2D eigenvalue weighted by atomic mass is 16.5. The molecule has 0 spiro atoms. The molecule has 0 aromatic rings. The van der Waals surface area contributed by atoms with E-state index in [9.17, 15) is 9.59 Å². The van der Waals surface area contributed by atoms with E-state index in [4.69, 9.17) is 4.74 Å². The molecule has 5 aliphatic rings. The van der Waals surface area contributed by atoms with Crippen LogP contribution in [0.2, 0.25) is 0 Å². The van der Waals surface area contributed by atoms with Crippen molar-refractivity contribution in [2.24, 2.45) is 11.8 Å². The zero-order valence-corrected chi connectivity index (χ0v) is 19.5. The number of hydrogen-bond donors (Lipinski definition) is 0. The SMILES string of the molecule is CN1CCC(N2C[C@@H](CC(=O)N(C)C3CC3)[C@H]3[C@H](CC(=O)N(C)C4CC4)OC[C@H]32)CC1. The Labute approximate surface area is 187 Å². The van der Waals surface area contributed by atoms with Crippen LogP contribution in [0.15, 0.2) is 0 Å². The summed E-state index contributed by atoms with van der Waals surface area (Å²) in [7, 11) is 6.12. The molecule has 0 radical (unpaired) electrons. The van der Waals surface area contributed by atoms with Gasteiger partial charge in [-0.2, -0.15) is 0 Å². The summed E-state index contributed by atoms with van der Waals surface area (Å²) >= 11 is 0. The normalized spacial score (nSPS) is 34.7. The summed E-state index contributed by atoms with van der Waals surface area (Å²) < 4.78 is 6.29. The van der Waals surface area contributed by atoms with E-state index in [2.05, 4.69) is 16.8 Å². The lowest BCUT2D eigenvalue weighted by Gasteiger charge is -2.37. The third-order valence-electron chi connectivity index (χ3n) is 8.72.